The zero-order chi connectivity index (χ0) is 19.9. The summed E-state index contributed by atoms with van der Waals surface area (Å²) in [6, 6.07) is 14.7. The summed E-state index contributed by atoms with van der Waals surface area (Å²) in [4.78, 5) is 4.48. The smallest absolute Gasteiger partial charge is 0.242 e. The molecule has 0 saturated carbocycles. The van der Waals surface area contributed by atoms with Crippen LogP contribution in [0.1, 0.15) is 11.1 Å². The van der Waals surface area contributed by atoms with Gasteiger partial charge < -0.3 is 10.6 Å². The predicted octanol–water partition coefficient (Wildman–Crippen LogP) is 2.50. The monoisotopic (exact) mass is 408 g/mol. The van der Waals surface area contributed by atoms with Crippen molar-refractivity contribution in [2.75, 3.05) is 27.7 Å². The van der Waals surface area contributed by atoms with Crippen LogP contribution in [0.3, 0.4) is 0 Å². The SMILES string of the molecule is CN=C(NCCc1ccc(Cl)cc1)NCc1ccccc1S(=O)(=O)N(C)C. The van der Waals surface area contributed by atoms with E-state index in [9.17, 15) is 8.42 Å². The van der Waals surface area contributed by atoms with Crippen LogP contribution < -0.4 is 10.6 Å². The van der Waals surface area contributed by atoms with Gasteiger partial charge in [0.25, 0.3) is 0 Å². The molecule has 8 heteroatoms. The molecule has 146 valence electrons. The third-order valence-electron chi connectivity index (χ3n) is 4.02. The predicted molar refractivity (Wildman–Crippen MR) is 111 cm³/mol. The molecule has 2 aromatic rings. The maximum Gasteiger partial charge on any atom is 0.242 e. The molecule has 0 bridgehead atoms. The van der Waals surface area contributed by atoms with Crippen LogP contribution in [-0.4, -0.2) is 46.4 Å². The standard InChI is InChI=1S/C19H25ClN4O2S/c1-21-19(22-13-12-15-8-10-17(20)11-9-15)23-14-16-6-4-5-7-18(16)27(25,26)24(2)3/h4-11H,12-14H2,1-3H3,(H2,21,22,23). The molecule has 0 unspecified atom stereocenters. The lowest BCUT2D eigenvalue weighted by Crippen LogP contribution is -2.38. The van der Waals surface area contributed by atoms with Crippen molar-refractivity contribution in [3.63, 3.8) is 0 Å². The van der Waals surface area contributed by atoms with Crippen molar-refractivity contribution in [1.82, 2.24) is 14.9 Å². The zero-order valence-electron chi connectivity index (χ0n) is 15.7. The van der Waals surface area contributed by atoms with Gasteiger partial charge in [0.2, 0.25) is 10.0 Å². The van der Waals surface area contributed by atoms with E-state index in [4.69, 9.17) is 11.6 Å². The molecule has 2 aromatic carbocycles. The summed E-state index contributed by atoms with van der Waals surface area (Å²) in [5.74, 6) is 0.612. The summed E-state index contributed by atoms with van der Waals surface area (Å²) in [5, 5.41) is 7.12. The summed E-state index contributed by atoms with van der Waals surface area (Å²) < 4.78 is 26.1. The van der Waals surface area contributed by atoms with Gasteiger partial charge in [0.05, 0.1) is 4.90 Å². The Morgan fingerprint density at radius 3 is 2.37 bits per heavy atom. The molecule has 0 saturated heterocycles. The number of halogens is 1. The van der Waals surface area contributed by atoms with Crippen LogP contribution in [0.15, 0.2) is 58.4 Å². The highest BCUT2D eigenvalue weighted by molar-refractivity contribution is 7.89. The lowest BCUT2D eigenvalue weighted by molar-refractivity contribution is 0.519. The summed E-state index contributed by atoms with van der Waals surface area (Å²) in [6.07, 6.45) is 0.823. The van der Waals surface area contributed by atoms with Crippen LogP contribution in [0.2, 0.25) is 5.02 Å². The Morgan fingerprint density at radius 1 is 1.07 bits per heavy atom. The second-order valence-corrected chi connectivity index (χ2v) is 8.68. The van der Waals surface area contributed by atoms with Gasteiger partial charge in [-0.1, -0.05) is 41.9 Å². The lowest BCUT2D eigenvalue weighted by Gasteiger charge is -2.17. The maximum absolute atomic E-state index is 12.5. The first-order chi connectivity index (χ1) is 12.8. The van der Waals surface area contributed by atoms with Gasteiger partial charge in [-0.2, -0.15) is 0 Å². The van der Waals surface area contributed by atoms with Crippen LogP contribution in [0.25, 0.3) is 0 Å². The first-order valence-corrected chi connectivity index (χ1v) is 10.4. The van der Waals surface area contributed by atoms with Gasteiger partial charge in [0, 0.05) is 39.3 Å². The fourth-order valence-corrected chi connectivity index (χ4v) is 3.72. The van der Waals surface area contributed by atoms with Crippen molar-refractivity contribution in [1.29, 1.82) is 0 Å². The Hall–Kier alpha value is -2.09. The van der Waals surface area contributed by atoms with Crippen LogP contribution >= 0.6 is 11.6 Å². The van der Waals surface area contributed by atoms with E-state index >= 15 is 0 Å². The van der Waals surface area contributed by atoms with Crippen molar-refractivity contribution in [2.45, 2.75) is 17.9 Å². The summed E-state index contributed by atoms with van der Waals surface area (Å²) in [6.45, 7) is 1.04. The van der Waals surface area contributed by atoms with Gasteiger partial charge in [0.15, 0.2) is 5.96 Å². The molecule has 2 N–H and O–H groups in total. The second kappa shape index (κ2) is 9.73. The maximum atomic E-state index is 12.5. The topological polar surface area (TPSA) is 73.8 Å². The number of guanidine groups is 1. The highest BCUT2D eigenvalue weighted by atomic mass is 35.5. The van der Waals surface area contributed by atoms with Gasteiger partial charge in [-0.25, -0.2) is 12.7 Å². The van der Waals surface area contributed by atoms with Crippen molar-refractivity contribution >= 4 is 27.6 Å². The normalized spacial score (nSPS) is 12.3. The minimum Gasteiger partial charge on any atom is -0.356 e. The van der Waals surface area contributed by atoms with Crippen molar-refractivity contribution < 1.29 is 8.42 Å². The van der Waals surface area contributed by atoms with E-state index in [0.29, 0.717) is 29.5 Å². The van der Waals surface area contributed by atoms with E-state index < -0.39 is 10.0 Å². The Bertz CT molecular complexity index is 881. The van der Waals surface area contributed by atoms with Crippen LogP contribution in [0.4, 0.5) is 0 Å². The van der Waals surface area contributed by atoms with E-state index in [-0.39, 0.29) is 0 Å². The minimum atomic E-state index is -3.50. The number of nitrogens with one attached hydrogen (secondary N) is 2. The zero-order valence-corrected chi connectivity index (χ0v) is 17.3. The molecule has 0 aliphatic carbocycles. The van der Waals surface area contributed by atoms with Crippen molar-refractivity contribution in [2.24, 2.45) is 4.99 Å². The van der Waals surface area contributed by atoms with E-state index in [1.165, 1.54) is 24.0 Å². The molecule has 0 heterocycles. The van der Waals surface area contributed by atoms with E-state index in [1.54, 1.807) is 25.2 Å². The van der Waals surface area contributed by atoms with Crippen LogP contribution in [0.5, 0.6) is 0 Å². The number of aliphatic imine (C=N–C) groups is 1. The van der Waals surface area contributed by atoms with Gasteiger partial charge >= 0.3 is 0 Å². The highest BCUT2D eigenvalue weighted by Gasteiger charge is 2.20. The van der Waals surface area contributed by atoms with Crippen molar-refractivity contribution in [3.05, 3.63) is 64.7 Å². The number of hydrogen-bond donors (Lipinski definition) is 2. The fraction of sp³-hybridized carbons (Fsp3) is 0.316. The molecule has 0 fully saturated rings. The molecule has 0 spiro atoms. The van der Waals surface area contributed by atoms with Crippen molar-refractivity contribution in [3.8, 4) is 0 Å². The third kappa shape index (κ3) is 5.95. The number of rotatable bonds is 7. The first-order valence-electron chi connectivity index (χ1n) is 8.54. The molecule has 0 aromatic heterocycles. The number of hydrogen-bond acceptors (Lipinski definition) is 3. The highest BCUT2D eigenvalue weighted by Crippen LogP contribution is 2.18. The van der Waals surface area contributed by atoms with Gasteiger partial charge in [-0.15, -0.1) is 0 Å². The molecule has 0 aliphatic heterocycles. The summed E-state index contributed by atoms with van der Waals surface area (Å²) in [7, 11) is 1.23. The Labute approximate surface area is 166 Å². The average molecular weight is 409 g/mol. The van der Waals surface area contributed by atoms with Gasteiger partial charge in [-0.05, 0) is 35.7 Å². The Balaban J connectivity index is 1.96. The average Bonchev–Trinajstić information content (AvgIpc) is 2.66. The third-order valence-corrected chi connectivity index (χ3v) is 6.19. The van der Waals surface area contributed by atoms with Gasteiger partial charge in [-0.3, -0.25) is 4.99 Å². The summed E-state index contributed by atoms with van der Waals surface area (Å²) >= 11 is 5.89. The number of nitrogens with zero attached hydrogens (tertiary/aromatic N) is 2. The Morgan fingerprint density at radius 2 is 1.74 bits per heavy atom. The lowest BCUT2D eigenvalue weighted by atomic mass is 10.1. The molecule has 27 heavy (non-hydrogen) atoms. The van der Waals surface area contributed by atoms with Gasteiger partial charge in [0.1, 0.15) is 0 Å². The van der Waals surface area contributed by atoms with Crippen LogP contribution in [0, 0.1) is 0 Å². The molecule has 0 aliphatic rings. The van der Waals surface area contributed by atoms with Crippen LogP contribution in [-0.2, 0) is 23.0 Å². The van der Waals surface area contributed by atoms with E-state index in [2.05, 4.69) is 15.6 Å². The van der Waals surface area contributed by atoms with E-state index in [0.717, 1.165) is 11.4 Å². The van der Waals surface area contributed by atoms with E-state index in [1.807, 2.05) is 30.3 Å². The first kappa shape index (κ1) is 21.2. The largest absolute Gasteiger partial charge is 0.356 e. The number of sulfonamides is 1. The minimum absolute atomic E-state index is 0.291. The Kier molecular flexibility index (Phi) is 7.65. The molecule has 0 amide bonds. The second-order valence-electron chi connectivity index (χ2n) is 6.12. The fourth-order valence-electron chi connectivity index (χ4n) is 2.47. The molecular weight excluding hydrogens is 384 g/mol. The summed E-state index contributed by atoms with van der Waals surface area (Å²) in [5.41, 5.74) is 1.86. The number of benzene rings is 2. The molecule has 6 nitrogen and oxygen atoms in total. The molecular formula is C19H25ClN4O2S. The molecule has 2 rings (SSSR count). The quantitative estimate of drug-likeness (QED) is 0.545. The molecule has 0 radical (unpaired) electrons. The molecule has 0 atom stereocenters.